The minimum atomic E-state index is -0.0150. The normalized spacial score (nSPS) is 19.7. The van der Waals surface area contributed by atoms with Gasteiger partial charge in [-0.25, -0.2) is 4.98 Å². The number of aryl methyl sites for hydroxylation is 2. The molecule has 0 atom stereocenters. The molecule has 1 aromatic heterocycles. The predicted molar refractivity (Wildman–Crippen MR) is 82.6 cm³/mol. The van der Waals surface area contributed by atoms with Gasteiger partial charge in [0.05, 0.1) is 16.8 Å². The number of aromatic nitrogens is 3. The van der Waals surface area contributed by atoms with Crippen LogP contribution in [-0.4, -0.2) is 15.2 Å². The molecule has 0 aliphatic heterocycles. The van der Waals surface area contributed by atoms with Crippen molar-refractivity contribution in [2.45, 2.75) is 50.4 Å². The first-order valence-corrected chi connectivity index (χ1v) is 8.15. The number of hydrogen-bond acceptors (Lipinski definition) is 3. The smallest absolute Gasteiger partial charge is 0.161 e. The van der Waals surface area contributed by atoms with Gasteiger partial charge in [-0.1, -0.05) is 30.2 Å². The maximum Gasteiger partial charge on any atom is 0.161 e. The highest BCUT2D eigenvalue weighted by Crippen LogP contribution is 2.52. The van der Waals surface area contributed by atoms with Gasteiger partial charge in [0.1, 0.15) is 0 Å². The molecule has 0 N–H and O–H groups in total. The fourth-order valence-corrected chi connectivity index (χ4v) is 3.40. The molecule has 0 saturated heterocycles. The number of benzene rings is 1. The minimum Gasteiger partial charge on any atom is -0.233 e. The SMILES string of the molecule is Clc1ccc(C2(c3nnc4c(n3)CCCCC4)CC2)cc1. The molecular formula is C17H18ClN3. The van der Waals surface area contributed by atoms with Gasteiger partial charge in [-0.2, -0.15) is 5.10 Å². The summed E-state index contributed by atoms with van der Waals surface area (Å²) < 4.78 is 0. The Hall–Kier alpha value is -1.48. The van der Waals surface area contributed by atoms with E-state index in [4.69, 9.17) is 16.6 Å². The third-order valence-corrected chi connectivity index (χ3v) is 4.99. The van der Waals surface area contributed by atoms with E-state index in [0.29, 0.717) is 0 Å². The number of fused-ring (bicyclic) bond motifs is 1. The first-order chi connectivity index (χ1) is 10.3. The van der Waals surface area contributed by atoms with E-state index in [1.54, 1.807) is 0 Å². The van der Waals surface area contributed by atoms with Crippen LogP contribution in [0.1, 0.15) is 54.9 Å². The molecule has 0 spiro atoms. The van der Waals surface area contributed by atoms with Gasteiger partial charge in [0.2, 0.25) is 0 Å². The van der Waals surface area contributed by atoms with E-state index in [-0.39, 0.29) is 5.41 Å². The monoisotopic (exact) mass is 299 g/mol. The first kappa shape index (κ1) is 13.2. The van der Waals surface area contributed by atoms with Crippen molar-refractivity contribution >= 4 is 11.6 Å². The topological polar surface area (TPSA) is 38.7 Å². The Kier molecular flexibility index (Phi) is 3.18. The lowest BCUT2D eigenvalue weighted by molar-refractivity contribution is 0.683. The Morgan fingerprint density at radius 1 is 0.857 bits per heavy atom. The van der Waals surface area contributed by atoms with E-state index >= 15 is 0 Å². The molecule has 1 heterocycles. The third kappa shape index (κ3) is 2.34. The van der Waals surface area contributed by atoms with Crippen LogP contribution < -0.4 is 0 Å². The average molecular weight is 300 g/mol. The van der Waals surface area contributed by atoms with Crippen LogP contribution in [0.5, 0.6) is 0 Å². The summed E-state index contributed by atoms with van der Waals surface area (Å²) in [4.78, 5) is 4.90. The highest BCUT2D eigenvalue weighted by Gasteiger charge is 2.49. The number of nitrogens with zero attached hydrogens (tertiary/aromatic N) is 3. The molecule has 0 amide bonds. The molecule has 4 rings (SSSR count). The Labute approximate surface area is 129 Å². The maximum absolute atomic E-state index is 6.00. The van der Waals surface area contributed by atoms with Gasteiger partial charge >= 0.3 is 0 Å². The van der Waals surface area contributed by atoms with Gasteiger partial charge in [-0.15, -0.1) is 5.10 Å². The molecule has 3 nitrogen and oxygen atoms in total. The zero-order chi connectivity index (χ0) is 14.3. The molecule has 1 aromatic carbocycles. The number of halogens is 1. The third-order valence-electron chi connectivity index (χ3n) is 4.74. The minimum absolute atomic E-state index is 0.0150. The fourth-order valence-electron chi connectivity index (χ4n) is 3.27. The van der Waals surface area contributed by atoms with Crippen molar-refractivity contribution in [2.24, 2.45) is 0 Å². The van der Waals surface area contributed by atoms with Crippen molar-refractivity contribution in [3.05, 3.63) is 52.1 Å². The van der Waals surface area contributed by atoms with Gasteiger partial charge in [0.15, 0.2) is 5.82 Å². The summed E-state index contributed by atoms with van der Waals surface area (Å²) in [6, 6.07) is 8.11. The lowest BCUT2D eigenvalue weighted by Crippen LogP contribution is -2.17. The van der Waals surface area contributed by atoms with Gasteiger partial charge in [0, 0.05) is 5.02 Å². The summed E-state index contributed by atoms with van der Waals surface area (Å²) in [5.74, 6) is 0.908. The van der Waals surface area contributed by atoms with Crippen LogP contribution in [0, 0.1) is 0 Å². The summed E-state index contributed by atoms with van der Waals surface area (Å²) in [7, 11) is 0. The molecule has 0 radical (unpaired) electrons. The average Bonchev–Trinajstić information content (AvgIpc) is 3.32. The summed E-state index contributed by atoms with van der Waals surface area (Å²) in [6.45, 7) is 0. The Bertz CT molecular complexity index is 662. The van der Waals surface area contributed by atoms with E-state index in [2.05, 4.69) is 22.3 Å². The summed E-state index contributed by atoms with van der Waals surface area (Å²) in [6.07, 6.45) is 8.00. The van der Waals surface area contributed by atoms with Crippen molar-refractivity contribution in [3.63, 3.8) is 0 Å². The van der Waals surface area contributed by atoms with Crippen LogP contribution in [0.4, 0.5) is 0 Å². The Balaban J connectivity index is 1.73. The standard InChI is InChI=1S/C17H18ClN3/c18-13-8-6-12(7-9-13)17(10-11-17)16-19-14-4-2-1-3-5-15(14)20-21-16/h6-9H,1-5,10-11H2. The van der Waals surface area contributed by atoms with Gasteiger partial charge < -0.3 is 0 Å². The molecule has 21 heavy (non-hydrogen) atoms. The van der Waals surface area contributed by atoms with Crippen molar-refractivity contribution in [1.82, 2.24) is 15.2 Å². The summed E-state index contributed by atoms with van der Waals surface area (Å²) in [5.41, 5.74) is 3.54. The van der Waals surface area contributed by atoms with Crippen LogP contribution in [0.3, 0.4) is 0 Å². The molecule has 1 fully saturated rings. The van der Waals surface area contributed by atoms with Crippen LogP contribution in [0.2, 0.25) is 5.02 Å². The van der Waals surface area contributed by atoms with Gasteiger partial charge in [0.25, 0.3) is 0 Å². The van der Waals surface area contributed by atoms with E-state index in [0.717, 1.165) is 42.2 Å². The zero-order valence-corrected chi connectivity index (χ0v) is 12.7. The second-order valence-electron chi connectivity index (χ2n) is 6.18. The zero-order valence-electron chi connectivity index (χ0n) is 12.0. The molecule has 108 valence electrons. The molecular weight excluding hydrogens is 282 g/mol. The molecule has 2 aliphatic carbocycles. The number of hydrogen-bond donors (Lipinski definition) is 0. The van der Waals surface area contributed by atoms with Crippen molar-refractivity contribution in [2.75, 3.05) is 0 Å². The summed E-state index contributed by atoms with van der Waals surface area (Å²) in [5, 5.41) is 9.74. The second-order valence-corrected chi connectivity index (χ2v) is 6.61. The quantitative estimate of drug-likeness (QED) is 0.790. The van der Waals surface area contributed by atoms with Crippen LogP contribution in [0.15, 0.2) is 24.3 Å². The van der Waals surface area contributed by atoms with Crippen LogP contribution in [-0.2, 0) is 18.3 Å². The Morgan fingerprint density at radius 3 is 2.29 bits per heavy atom. The van der Waals surface area contributed by atoms with E-state index in [9.17, 15) is 0 Å². The highest BCUT2D eigenvalue weighted by atomic mass is 35.5. The number of rotatable bonds is 2. The molecule has 1 saturated carbocycles. The van der Waals surface area contributed by atoms with Crippen molar-refractivity contribution in [3.8, 4) is 0 Å². The molecule has 2 aromatic rings. The second kappa shape index (κ2) is 5.06. The molecule has 0 unspecified atom stereocenters. The first-order valence-electron chi connectivity index (χ1n) is 7.77. The van der Waals surface area contributed by atoms with Gasteiger partial charge in [-0.05, 0) is 56.2 Å². The van der Waals surface area contributed by atoms with Crippen molar-refractivity contribution < 1.29 is 0 Å². The van der Waals surface area contributed by atoms with Crippen LogP contribution >= 0.6 is 11.6 Å². The molecule has 0 bridgehead atoms. The highest BCUT2D eigenvalue weighted by molar-refractivity contribution is 6.30. The van der Waals surface area contributed by atoms with Crippen LogP contribution in [0.25, 0.3) is 0 Å². The van der Waals surface area contributed by atoms with E-state index < -0.39 is 0 Å². The van der Waals surface area contributed by atoms with Crippen molar-refractivity contribution in [1.29, 1.82) is 0 Å². The van der Waals surface area contributed by atoms with E-state index in [1.165, 1.54) is 30.5 Å². The van der Waals surface area contributed by atoms with E-state index in [1.807, 2.05) is 12.1 Å². The summed E-state index contributed by atoms with van der Waals surface area (Å²) >= 11 is 6.00. The lowest BCUT2D eigenvalue weighted by atomic mass is 9.95. The molecule has 2 aliphatic rings. The fraction of sp³-hybridized carbons (Fsp3) is 0.471. The molecule has 4 heteroatoms. The largest absolute Gasteiger partial charge is 0.233 e. The lowest BCUT2D eigenvalue weighted by Gasteiger charge is -2.15. The van der Waals surface area contributed by atoms with Gasteiger partial charge in [-0.3, -0.25) is 0 Å². The maximum atomic E-state index is 6.00. The predicted octanol–water partition coefficient (Wildman–Crippen LogP) is 3.87. The Morgan fingerprint density at radius 2 is 1.57 bits per heavy atom.